The van der Waals surface area contributed by atoms with Gasteiger partial charge in [0.2, 0.25) is 0 Å². The van der Waals surface area contributed by atoms with E-state index >= 15 is 0 Å². The van der Waals surface area contributed by atoms with Crippen LogP contribution >= 0.6 is 0 Å². The second-order valence-electron chi connectivity index (χ2n) is 4.10. The molecule has 1 aromatic rings. The van der Waals surface area contributed by atoms with E-state index in [2.05, 4.69) is 0 Å². The number of ether oxygens (including phenoxy) is 1. The summed E-state index contributed by atoms with van der Waals surface area (Å²) in [6.07, 6.45) is 0.294. The zero-order valence-electron chi connectivity index (χ0n) is 11.0. The Morgan fingerprint density at radius 3 is 2.79 bits per heavy atom. The number of likely N-dealkylation sites (N-methyl/N-ethyl adjacent to an activating group) is 1. The zero-order chi connectivity index (χ0) is 14.3. The molecule has 1 rings (SSSR count). The molecule has 0 bridgehead atoms. The van der Waals surface area contributed by atoms with Crippen molar-refractivity contribution in [2.75, 3.05) is 20.2 Å². The van der Waals surface area contributed by atoms with Crippen LogP contribution in [0.3, 0.4) is 0 Å². The number of carbonyl (C=O) groups is 2. The monoisotopic (exact) mass is 260 g/mol. The number of Topliss-reactive ketones (excluding diaryl/α,β-unsaturated/α-hetero) is 1. The molecule has 0 saturated heterocycles. The molecule has 0 atom stereocenters. The summed E-state index contributed by atoms with van der Waals surface area (Å²) in [6, 6.07) is 8.66. The highest BCUT2D eigenvalue weighted by Crippen LogP contribution is 2.13. The molecule has 0 spiro atoms. The Morgan fingerprint density at radius 2 is 2.16 bits per heavy atom. The normalized spacial score (nSPS) is 9.53. The van der Waals surface area contributed by atoms with Crippen LogP contribution in [-0.4, -0.2) is 36.8 Å². The van der Waals surface area contributed by atoms with Gasteiger partial charge in [0.25, 0.3) is 5.91 Å². The van der Waals surface area contributed by atoms with Crippen molar-refractivity contribution >= 4 is 11.7 Å². The van der Waals surface area contributed by atoms with Crippen LogP contribution in [0.5, 0.6) is 5.75 Å². The van der Waals surface area contributed by atoms with E-state index in [0.717, 1.165) is 0 Å². The Labute approximate surface area is 112 Å². The van der Waals surface area contributed by atoms with Gasteiger partial charge in [-0.15, -0.1) is 0 Å². The zero-order valence-corrected chi connectivity index (χ0v) is 11.0. The van der Waals surface area contributed by atoms with Crippen molar-refractivity contribution in [1.29, 1.82) is 5.26 Å². The summed E-state index contributed by atoms with van der Waals surface area (Å²) in [5.41, 5.74) is 0.544. The maximum atomic E-state index is 11.7. The first-order chi connectivity index (χ1) is 9.04. The van der Waals surface area contributed by atoms with Crippen LogP contribution in [0.25, 0.3) is 0 Å². The molecule has 0 radical (unpaired) electrons. The van der Waals surface area contributed by atoms with Gasteiger partial charge in [0.1, 0.15) is 5.75 Å². The molecule has 0 aliphatic heterocycles. The molecular weight excluding hydrogens is 244 g/mol. The highest BCUT2D eigenvalue weighted by atomic mass is 16.5. The first-order valence-corrected chi connectivity index (χ1v) is 5.89. The van der Waals surface area contributed by atoms with Gasteiger partial charge in [-0.05, 0) is 19.1 Å². The van der Waals surface area contributed by atoms with E-state index in [-0.39, 0.29) is 18.3 Å². The van der Waals surface area contributed by atoms with Crippen LogP contribution in [0.15, 0.2) is 24.3 Å². The quantitative estimate of drug-likeness (QED) is 0.729. The summed E-state index contributed by atoms with van der Waals surface area (Å²) in [4.78, 5) is 24.3. The molecular formula is C14H16N2O3. The van der Waals surface area contributed by atoms with Gasteiger partial charge in [-0.25, -0.2) is 0 Å². The summed E-state index contributed by atoms with van der Waals surface area (Å²) in [7, 11) is 1.62. The number of rotatable bonds is 6. The van der Waals surface area contributed by atoms with Gasteiger partial charge in [-0.1, -0.05) is 12.1 Å². The third-order valence-corrected chi connectivity index (χ3v) is 2.59. The summed E-state index contributed by atoms with van der Waals surface area (Å²) >= 11 is 0. The Balaban J connectivity index is 2.52. The molecule has 5 heteroatoms. The van der Waals surface area contributed by atoms with E-state index in [1.54, 1.807) is 31.3 Å². The number of amides is 1. The van der Waals surface area contributed by atoms with Crippen molar-refractivity contribution in [1.82, 2.24) is 4.90 Å². The highest BCUT2D eigenvalue weighted by Gasteiger charge is 2.09. The van der Waals surface area contributed by atoms with Crippen molar-refractivity contribution in [2.45, 2.75) is 13.3 Å². The van der Waals surface area contributed by atoms with Gasteiger partial charge >= 0.3 is 0 Å². The lowest BCUT2D eigenvalue weighted by Crippen LogP contribution is -2.32. The minimum atomic E-state index is -0.205. The molecule has 0 fully saturated rings. The number of benzene rings is 1. The lowest BCUT2D eigenvalue weighted by Gasteiger charge is -2.15. The molecule has 0 aliphatic rings. The smallest absolute Gasteiger partial charge is 0.260 e. The fraction of sp³-hybridized carbons (Fsp3) is 0.357. The third-order valence-electron chi connectivity index (χ3n) is 2.59. The first kappa shape index (κ1) is 14.7. The largest absolute Gasteiger partial charge is 0.484 e. The van der Waals surface area contributed by atoms with Crippen LogP contribution in [0.1, 0.15) is 23.7 Å². The Hall–Kier alpha value is -2.35. The summed E-state index contributed by atoms with van der Waals surface area (Å²) < 4.78 is 5.33. The predicted molar refractivity (Wildman–Crippen MR) is 69.8 cm³/mol. The number of nitriles is 1. The molecule has 1 aromatic carbocycles. The molecule has 1 amide bonds. The number of hydrogen-bond donors (Lipinski definition) is 0. The molecule has 0 heterocycles. The van der Waals surface area contributed by atoms with Crippen LogP contribution in [0, 0.1) is 11.3 Å². The van der Waals surface area contributed by atoms with Crippen molar-refractivity contribution in [2.24, 2.45) is 0 Å². The lowest BCUT2D eigenvalue weighted by atomic mass is 10.1. The van der Waals surface area contributed by atoms with Gasteiger partial charge < -0.3 is 9.64 Å². The third kappa shape index (κ3) is 4.80. The molecule has 0 saturated carbocycles. The van der Waals surface area contributed by atoms with Crippen LogP contribution < -0.4 is 4.74 Å². The summed E-state index contributed by atoms with van der Waals surface area (Å²) in [5.74, 6) is 0.223. The highest BCUT2D eigenvalue weighted by molar-refractivity contribution is 5.94. The molecule has 0 aliphatic carbocycles. The summed E-state index contributed by atoms with van der Waals surface area (Å²) in [5, 5.41) is 8.44. The fourth-order valence-corrected chi connectivity index (χ4v) is 1.40. The maximum absolute atomic E-state index is 11.7. The molecule has 0 unspecified atom stereocenters. The van der Waals surface area contributed by atoms with Crippen LogP contribution in [-0.2, 0) is 4.79 Å². The van der Waals surface area contributed by atoms with E-state index in [4.69, 9.17) is 10.00 Å². The van der Waals surface area contributed by atoms with E-state index < -0.39 is 0 Å². The standard InChI is InChI=1S/C14H16N2O3/c1-11(17)12-5-3-6-13(9-12)19-10-14(18)16(2)8-4-7-15/h3,5-6,9H,4,8,10H2,1-2H3. The molecule has 0 N–H and O–H groups in total. The minimum absolute atomic E-state index is 0.0529. The Morgan fingerprint density at radius 1 is 1.42 bits per heavy atom. The minimum Gasteiger partial charge on any atom is -0.484 e. The SMILES string of the molecule is CC(=O)c1cccc(OCC(=O)N(C)CCC#N)c1. The number of carbonyl (C=O) groups excluding carboxylic acids is 2. The van der Waals surface area contributed by atoms with Gasteiger partial charge in [0.15, 0.2) is 12.4 Å². The number of hydrogen-bond acceptors (Lipinski definition) is 4. The lowest BCUT2D eigenvalue weighted by molar-refractivity contribution is -0.131. The topological polar surface area (TPSA) is 70.4 Å². The predicted octanol–water partition coefficient (Wildman–Crippen LogP) is 1.64. The van der Waals surface area contributed by atoms with Crippen molar-refractivity contribution in [3.05, 3.63) is 29.8 Å². The molecule has 5 nitrogen and oxygen atoms in total. The average Bonchev–Trinajstić information content (AvgIpc) is 2.42. The Kier molecular flexibility index (Phi) is 5.55. The maximum Gasteiger partial charge on any atom is 0.260 e. The second-order valence-corrected chi connectivity index (χ2v) is 4.10. The van der Waals surface area contributed by atoms with Crippen molar-refractivity contribution in [3.8, 4) is 11.8 Å². The van der Waals surface area contributed by atoms with Crippen molar-refractivity contribution in [3.63, 3.8) is 0 Å². The van der Waals surface area contributed by atoms with Gasteiger partial charge in [-0.3, -0.25) is 9.59 Å². The fourth-order valence-electron chi connectivity index (χ4n) is 1.40. The van der Waals surface area contributed by atoms with Gasteiger partial charge in [0, 0.05) is 19.2 Å². The second kappa shape index (κ2) is 7.17. The molecule has 0 aromatic heterocycles. The van der Waals surface area contributed by atoms with Crippen molar-refractivity contribution < 1.29 is 14.3 Å². The van der Waals surface area contributed by atoms with Crippen LogP contribution in [0.4, 0.5) is 0 Å². The molecule has 19 heavy (non-hydrogen) atoms. The Bertz CT molecular complexity index is 506. The number of ketones is 1. The first-order valence-electron chi connectivity index (χ1n) is 5.89. The average molecular weight is 260 g/mol. The van der Waals surface area contributed by atoms with E-state index in [0.29, 0.717) is 24.3 Å². The summed E-state index contributed by atoms with van der Waals surface area (Å²) in [6.45, 7) is 1.75. The molecule has 100 valence electrons. The van der Waals surface area contributed by atoms with E-state index in [1.165, 1.54) is 11.8 Å². The van der Waals surface area contributed by atoms with Gasteiger partial charge in [0.05, 0.1) is 12.5 Å². The van der Waals surface area contributed by atoms with Gasteiger partial charge in [-0.2, -0.15) is 5.26 Å². The van der Waals surface area contributed by atoms with Crippen LogP contribution in [0.2, 0.25) is 0 Å². The van der Waals surface area contributed by atoms with E-state index in [1.807, 2.05) is 6.07 Å². The van der Waals surface area contributed by atoms with E-state index in [9.17, 15) is 9.59 Å². The number of nitrogens with zero attached hydrogens (tertiary/aromatic N) is 2.